The lowest BCUT2D eigenvalue weighted by atomic mass is 10.1. The third-order valence-corrected chi connectivity index (χ3v) is 2.90. The topological polar surface area (TPSA) is 37.3 Å². The maximum absolute atomic E-state index is 10.4. The molecule has 0 aliphatic rings. The van der Waals surface area contributed by atoms with E-state index in [2.05, 4.69) is 6.92 Å². The van der Waals surface area contributed by atoms with Crippen LogP contribution in [0.2, 0.25) is 0 Å². The van der Waals surface area contributed by atoms with Crippen LogP contribution in [-0.2, 0) is 4.79 Å². The Morgan fingerprint density at radius 1 is 1.06 bits per heavy atom. The first kappa shape index (κ1) is 15.5. The quantitative estimate of drug-likeness (QED) is 0.447. The van der Waals surface area contributed by atoms with Gasteiger partial charge in [0.25, 0.3) is 0 Å². The summed E-state index contributed by atoms with van der Waals surface area (Å²) < 4.78 is 0. The van der Waals surface area contributed by atoms with Gasteiger partial charge in [-0.1, -0.05) is 69.5 Å². The Balaban J connectivity index is 3.21. The van der Waals surface area contributed by atoms with E-state index in [0.29, 0.717) is 0 Å². The van der Waals surface area contributed by atoms with Crippen molar-refractivity contribution in [2.75, 3.05) is 0 Å². The monoisotopic (exact) mass is 246 g/mol. The van der Waals surface area contributed by atoms with E-state index in [1.165, 1.54) is 44.9 Å². The molecule has 2 nitrogen and oxygen atoms in total. The summed E-state index contributed by atoms with van der Waals surface area (Å²) in [5.74, 6) is -1.03. The first-order valence-electron chi connectivity index (χ1n) is 6.27. The normalized spacial score (nSPS) is 11.8. The number of unbranched alkanes of at least 4 members (excludes halogenated alkanes) is 8. The molecule has 1 N–H and O–H groups in total. The Morgan fingerprint density at radius 2 is 1.56 bits per heavy atom. The number of hydrogen-bond donors (Lipinski definition) is 1. The van der Waals surface area contributed by atoms with Crippen LogP contribution in [0.4, 0.5) is 0 Å². The molecule has 0 amide bonds. The second kappa shape index (κ2) is 11.0. The number of aliphatic carboxylic acids is 1. The highest BCUT2D eigenvalue weighted by atomic mass is 35.5. The third kappa shape index (κ3) is 10.0. The number of carbonyl (C=O) groups is 1. The highest BCUT2D eigenvalue weighted by molar-refractivity contribution is 6.40. The van der Waals surface area contributed by atoms with Crippen molar-refractivity contribution in [2.45, 2.75) is 64.7 Å². The van der Waals surface area contributed by atoms with Crippen molar-refractivity contribution in [1.29, 1.82) is 0 Å². The van der Waals surface area contributed by atoms with Gasteiger partial charge in [-0.2, -0.15) is 0 Å². The molecule has 0 aromatic heterocycles. The molecule has 0 bridgehead atoms. The van der Waals surface area contributed by atoms with Gasteiger partial charge in [0.05, 0.1) is 0 Å². The summed E-state index contributed by atoms with van der Waals surface area (Å²) >= 11 is 5.47. The number of halogens is 1. The molecule has 16 heavy (non-hydrogen) atoms. The Bertz CT molecular complexity index is 212. The van der Waals surface area contributed by atoms with Crippen molar-refractivity contribution in [3.05, 3.63) is 11.1 Å². The zero-order valence-corrected chi connectivity index (χ0v) is 10.9. The maximum atomic E-state index is 10.4. The molecule has 0 aromatic carbocycles. The molecule has 0 atom stereocenters. The summed E-state index contributed by atoms with van der Waals surface area (Å²) in [5, 5.41) is 8.45. The van der Waals surface area contributed by atoms with Gasteiger partial charge in [-0.25, -0.2) is 4.79 Å². The summed E-state index contributed by atoms with van der Waals surface area (Å²) in [6.45, 7) is 2.22. The summed E-state index contributed by atoms with van der Waals surface area (Å²) in [6.07, 6.45) is 12.5. The predicted octanol–water partition coefficient (Wildman–Crippen LogP) is 4.72. The highest BCUT2D eigenvalue weighted by Gasteiger charge is 2.00. The van der Waals surface area contributed by atoms with Crippen LogP contribution in [-0.4, -0.2) is 11.1 Å². The summed E-state index contributed by atoms with van der Waals surface area (Å²) in [4.78, 5) is 10.4. The second-order valence-electron chi connectivity index (χ2n) is 4.12. The maximum Gasteiger partial charge on any atom is 0.346 e. The van der Waals surface area contributed by atoms with E-state index in [4.69, 9.17) is 16.7 Å². The van der Waals surface area contributed by atoms with Gasteiger partial charge in [0.1, 0.15) is 5.03 Å². The standard InChI is InChI=1S/C13H23ClO2/c1-2-3-4-5-6-7-8-9-10-11-12(14)13(15)16/h11H,2-10H2,1H3,(H,15,16). The molecule has 0 spiro atoms. The van der Waals surface area contributed by atoms with Gasteiger partial charge < -0.3 is 5.11 Å². The predicted molar refractivity (Wildman–Crippen MR) is 68.8 cm³/mol. The fourth-order valence-corrected chi connectivity index (χ4v) is 1.70. The van der Waals surface area contributed by atoms with E-state index in [0.717, 1.165) is 12.8 Å². The van der Waals surface area contributed by atoms with Crippen LogP contribution >= 0.6 is 11.6 Å². The molecule has 94 valence electrons. The highest BCUT2D eigenvalue weighted by Crippen LogP contribution is 2.11. The average molecular weight is 247 g/mol. The average Bonchev–Trinajstić information content (AvgIpc) is 2.26. The first-order chi connectivity index (χ1) is 7.68. The van der Waals surface area contributed by atoms with Crippen molar-refractivity contribution in [3.63, 3.8) is 0 Å². The van der Waals surface area contributed by atoms with Crippen molar-refractivity contribution < 1.29 is 9.90 Å². The van der Waals surface area contributed by atoms with Gasteiger partial charge in [0.2, 0.25) is 0 Å². The van der Waals surface area contributed by atoms with Crippen molar-refractivity contribution in [1.82, 2.24) is 0 Å². The number of rotatable bonds is 10. The molecule has 0 fully saturated rings. The molecule has 0 radical (unpaired) electrons. The van der Waals surface area contributed by atoms with Gasteiger partial charge in [0, 0.05) is 0 Å². The van der Waals surface area contributed by atoms with Crippen molar-refractivity contribution in [2.24, 2.45) is 0 Å². The van der Waals surface area contributed by atoms with E-state index in [1.54, 1.807) is 6.08 Å². The van der Waals surface area contributed by atoms with E-state index < -0.39 is 5.97 Å². The van der Waals surface area contributed by atoms with Gasteiger partial charge in [-0.15, -0.1) is 0 Å². The lowest BCUT2D eigenvalue weighted by Crippen LogP contribution is -1.93. The van der Waals surface area contributed by atoms with Crippen LogP contribution in [0.3, 0.4) is 0 Å². The third-order valence-electron chi connectivity index (χ3n) is 2.59. The van der Waals surface area contributed by atoms with Crippen LogP contribution in [0.25, 0.3) is 0 Å². The van der Waals surface area contributed by atoms with Crippen LogP contribution in [0, 0.1) is 0 Å². The molecular formula is C13H23ClO2. The molecule has 0 rings (SSSR count). The van der Waals surface area contributed by atoms with Gasteiger partial charge in [-0.3, -0.25) is 0 Å². The van der Waals surface area contributed by atoms with Crippen LogP contribution in [0.15, 0.2) is 11.1 Å². The lowest BCUT2D eigenvalue weighted by molar-refractivity contribution is -0.131. The molecule has 0 saturated carbocycles. The molecule has 0 heterocycles. The van der Waals surface area contributed by atoms with E-state index in [-0.39, 0.29) is 5.03 Å². The molecule has 0 aliphatic heterocycles. The van der Waals surface area contributed by atoms with Crippen LogP contribution in [0.5, 0.6) is 0 Å². The molecule has 3 heteroatoms. The van der Waals surface area contributed by atoms with E-state index in [9.17, 15) is 4.79 Å². The summed E-state index contributed by atoms with van der Waals surface area (Å²) in [7, 11) is 0. The molecule has 0 aromatic rings. The Labute approximate surface area is 104 Å². The van der Waals surface area contributed by atoms with Gasteiger partial charge in [-0.05, 0) is 12.8 Å². The SMILES string of the molecule is CCCCCCCCCCC=C(Cl)C(=O)O. The Kier molecular flexibility index (Phi) is 10.7. The minimum Gasteiger partial charge on any atom is -0.477 e. The van der Waals surface area contributed by atoms with E-state index >= 15 is 0 Å². The smallest absolute Gasteiger partial charge is 0.346 e. The fraction of sp³-hybridized carbons (Fsp3) is 0.769. The zero-order valence-electron chi connectivity index (χ0n) is 10.2. The molecule has 0 saturated heterocycles. The zero-order chi connectivity index (χ0) is 12.2. The summed E-state index contributed by atoms with van der Waals surface area (Å²) in [5.41, 5.74) is 0. The minimum atomic E-state index is -1.03. The Morgan fingerprint density at radius 3 is 2.06 bits per heavy atom. The fourth-order valence-electron chi connectivity index (χ4n) is 1.59. The summed E-state index contributed by atoms with van der Waals surface area (Å²) in [6, 6.07) is 0. The van der Waals surface area contributed by atoms with Gasteiger partial charge >= 0.3 is 5.97 Å². The second-order valence-corrected chi connectivity index (χ2v) is 4.53. The number of hydrogen-bond acceptors (Lipinski definition) is 1. The number of carboxylic acid groups (broad SMARTS) is 1. The van der Waals surface area contributed by atoms with Gasteiger partial charge in [0.15, 0.2) is 0 Å². The van der Waals surface area contributed by atoms with Crippen molar-refractivity contribution in [3.8, 4) is 0 Å². The first-order valence-corrected chi connectivity index (χ1v) is 6.65. The molecule has 0 unspecified atom stereocenters. The van der Waals surface area contributed by atoms with E-state index in [1.807, 2.05) is 0 Å². The molecular weight excluding hydrogens is 224 g/mol. The largest absolute Gasteiger partial charge is 0.477 e. The lowest BCUT2D eigenvalue weighted by Gasteiger charge is -1.99. The number of allylic oxidation sites excluding steroid dienone is 1. The Hall–Kier alpha value is -0.500. The van der Waals surface area contributed by atoms with Crippen LogP contribution < -0.4 is 0 Å². The minimum absolute atomic E-state index is 0.0528. The van der Waals surface area contributed by atoms with Crippen molar-refractivity contribution >= 4 is 17.6 Å². The molecule has 0 aliphatic carbocycles. The number of carboxylic acids is 1. The van der Waals surface area contributed by atoms with Crippen LogP contribution in [0.1, 0.15) is 64.7 Å².